The number of hydrogen-bond acceptors (Lipinski definition) is 3. The Morgan fingerprint density at radius 2 is 2.19 bits per heavy atom. The highest BCUT2D eigenvalue weighted by Gasteiger charge is 2.46. The summed E-state index contributed by atoms with van der Waals surface area (Å²) in [6.45, 7) is 5.30. The zero-order chi connectivity index (χ0) is 12.2. The molecule has 0 aromatic heterocycles. The number of carbonyl (C=O) groups is 1. The molecule has 1 aliphatic carbocycles. The van der Waals surface area contributed by atoms with E-state index in [1.165, 1.54) is 0 Å². The normalized spacial score (nSPS) is 34.9. The summed E-state index contributed by atoms with van der Waals surface area (Å²) in [5, 5.41) is 12.7. The Morgan fingerprint density at radius 3 is 2.75 bits per heavy atom. The van der Waals surface area contributed by atoms with Gasteiger partial charge in [-0.2, -0.15) is 0 Å². The van der Waals surface area contributed by atoms with Crippen LogP contribution in [0.2, 0.25) is 0 Å². The molecule has 4 nitrogen and oxygen atoms in total. The first-order valence-corrected chi connectivity index (χ1v) is 6.00. The van der Waals surface area contributed by atoms with Crippen LogP contribution in [0.3, 0.4) is 0 Å². The number of carboxylic acid groups (broad SMARTS) is 1. The van der Waals surface area contributed by atoms with Crippen molar-refractivity contribution in [3.63, 3.8) is 0 Å². The van der Waals surface area contributed by atoms with Gasteiger partial charge in [-0.15, -0.1) is 0 Å². The lowest BCUT2D eigenvalue weighted by atomic mass is 9.69. The molecule has 0 aliphatic heterocycles. The average Bonchev–Trinajstić information content (AvgIpc) is 2.23. The van der Waals surface area contributed by atoms with Crippen LogP contribution in [0.1, 0.15) is 33.1 Å². The molecule has 94 valence electrons. The van der Waals surface area contributed by atoms with E-state index >= 15 is 0 Å². The van der Waals surface area contributed by atoms with E-state index in [0.717, 1.165) is 12.8 Å². The van der Waals surface area contributed by atoms with Crippen LogP contribution in [0.25, 0.3) is 0 Å². The van der Waals surface area contributed by atoms with Crippen LogP contribution < -0.4 is 5.32 Å². The van der Waals surface area contributed by atoms with Crippen LogP contribution in [0, 0.1) is 11.8 Å². The van der Waals surface area contributed by atoms with Crippen molar-refractivity contribution < 1.29 is 14.6 Å². The van der Waals surface area contributed by atoms with E-state index in [0.29, 0.717) is 25.5 Å². The van der Waals surface area contributed by atoms with E-state index in [1.807, 2.05) is 6.92 Å². The van der Waals surface area contributed by atoms with E-state index in [1.54, 1.807) is 7.11 Å². The summed E-state index contributed by atoms with van der Waals surface area (Å²) in [4.78, 5) is 11.5. The minimum Gasteiger partial charge on any atom is -0.480 e. The highest BCUT2D eigenvalue weighted by Crippen LogP contribution is 2.37. The Kier molecular flexibility index (Phi) is 4.74. The molecule has 1 aliphatic rings. The van der Waals surface area contributed by atoms with E-state index in [4.69, 9.17) is 4.74 Å². The number of carboxylic acids is 1. The molecule has 1 fully saturated rings. The second kappa shape index (κ2) is 5.64. The SMILES string of the molecule is COCCNC1(C(=O)O)CC(C)CCC1C. The van der Waals surface area contributed by atoms with Crippen molar-refractivity contribution in [3.05, 3.63) is 0 Å². The molecule has 0 aromatic carbocycles. The minimum absolute atomic E-state index is 0.179. The smallest absolute Gasteiger partial charge is 0.324 e. The molecule has 0 spiro atoms. The average molecular weight is 229 g/mol. The van der Waals surface area contributed by atoms with Crippen LogP contribution in [0.15, 0.2) is 0 Å². The molecule has 3 atom stereocenters. The van der Waals surface area contributed by atoms with Gasteiger partial charge in [0.25, 0.3) is 0 Å². The van der Waals surface area contributed by atoms with Crippen LogP contribution in [-0.2, 0) is 9.53 Å². The second-order valence-electron chi connectivity index (χ2n) is 4.98. The second-order valence-corrected chi connectivity index (χ2v) is 4.98. The number of rotatable bonds is 5. The van der Waals surface area contributed by atoms with Gasteiger partial charge in [-0.3, -0.25) is 10.1 Å². The predicted molar refractivity (Wildman–Crippen MR) is 62.4 cm³/mol. The quantitative estimate of drug-likeness (QED) is 0.701. The maximum absolute atomic E-state index is 11.5. The summed E-state index contributed by atoms with van der Waals surface area (Å²) in [6, 6.07) is 0. The summed E-state index contributed by atoms with van der Waals surface area (Å²) in [7, 11) is 1.63. The van der Waals surface area contributed by atoms with Gasteiger partial charge in [-0.1, -0.05) is 20.3 Å². The zero-order valence-electron chi connectivity index (χ0n) is 10.5. The van der Waals surface area contributed by atoms with E-state index in [9.17, 15) is 9.90 Å². The molecule has 0 amide bonds. The summed E-state index contributed by atoms with van der Waals surface area (Å²) in [6.07, 6.45) is 2.82. The van der Waals surface area contributed by atoms with Crippen molar-refractivity contribution in [2.75, 3.05) is 20.3 Å². The number of ether oxygens (including phenoxy) is 1. The fourth-order valence-corrected chi connectivity index (χ4v) is 2.63. The largest absolute Gasteiger partial charge is 0.480 e. The molecule has 0 saturated heterocycles. The molecule has 0 radical (unpaired) electrons. The van der Waals surface area contributed by atoms with Crippen molar-refractivity contribution in [1.29, 1.82) is 0 Å². The van der Waals surface area contributed by atoms with Gasteiger partial charge in [0.15, 0.2) is 0 Å². The third-order valence-electron chi connectivity index (χ3n) is 3.73. The Bertz CT molecular complexity index is 244. The van der Waals surface area contributed by atoms with E-state index < -0.39 is 11.5 Å². The highest BCUT2D eigenvalue weighted by atomic mass is 16.5. The van der Waals surface area contributed by atoms with Crippen LogP contribution in [0.4, 0.5) is 0 Å². The molecule has 3 unspecified atom stereocenters. The minimum atomic E-state index is -0.754. The van der Waals surface area contributed by atoms with Gasteiger partial charge in [0, 0.05) is 13.7 Å². The summed E-state index contributed by atoms with van der Waals surface area (Å²) >= 11 is 0. The molecule has 1 saturated carbocycles. The summed E-state index contributed by atoms with van der Waals surface area (Å²) in [5.41, 5.74) is -0.754. The molecule has 1 rings (SSSR count). The van der Waals surface area contributed by atoms with Gasteiger partial charge in [0.2, 0.25) is 0 Å². The lowest BCUT2D eigenvalue weighted by molar-refractivity contribution is -0.150. The lowest BCUT2D eigenvalue weighted by Gasteiger charge is -2.42. The lowest BCUT2D eigenvalue weighted by Crippen LogP contribution is -2.60. The van der Waals surface area contributed by atoms with Crippen molar-refractivity contribution in [2.24, 2.45) is 11.8 Å². The van der Waals surface area contributed by atoms with Crippen LogP contribution in [-0.4, -0.2) is 36.9 Å². The molecule has 0 heterocycles. The van der Waals surface area contributed by atoms with E-state index in [-0.39, 0.29) is 5.92 Å². The zero-order valence-corrected chi connectivity index (χ0v) is 10.5. The maximum Gasteiger partial charge on any atom is 0.324 e. The van der Waals surface area contributed by atoms with Gasteiger partial charge < -0.3 is 9.84 Å². The molecule has 2 N–H and O–H groups in total. The Labute approximate surface area is 97.4 Å². The van der Waals surface area contributed by atoms with E-state index in [2.05, 4.69) is 12.2 Å². The number of hydrogen-bond donors (Lipinski definition) is 2. The Balaban J connectivity index is 2.72. The number of nitrogens with one attached hydrogen (secondary N) is 1. The molecular weight excluding hydrogens is 206 g/mol. The standard InChI is InChI=1S/C12H23NO3/c1-9-4-5-10(2)12(8-9,11(14)15)13-6-7-16-3/h9-10,13H,4-8H2,1-3H3,(H,14,15). The maximum atomic E-state index is 11.5. The number of methoxy groups -OCH3 is 1. The summed E-state index contributed by atoms with van der Waals surface area (Å²) in [5.74, 6) is -0.0666. The Hall–Kier alpha value is -0.610. The van der Waals surface area contributed by atoms with Crippen molar-refractivity contribution in [2.45, 2.75) is 38.6 Å². The third-order valence-corrected chi connectivity index (χ3v) is 3.73. The fraction of sp³-hybridized carbons (Fsp3) is 0.917. The van der Waals surface area contributed by atoms with Crippen molar-refractivity contribution >= 4 is 5.97 Å². The molecular formula is C12H23NO3. The van der Waals surface area contributed by atoms with Gasteiger partial charge >= 0.3 is 5.97 Å². The third kappa shape index (κ3) is 2.74. The van der Waals surface area contributed by atoms with Crippen molar-refractivity contribution in [3.8, 4) is 0 Å². The first-order chi connectivity index (χ1) is 7.53. The van der Waals surface area contributed by atoms with Gasteiger partial charge in [0.1, 0.15) is 5.54 Å². The van der Waals surface area contributed by atoms with Gasteiger partial charge in [-0.05, 0) is 24.7 Å². The highest BCUT2D eigenvalue weighted by molar-refractivity contribution is 5.79. The molecule has 4 heteroatoms. The molecule has 16 heavy (non-hydrogen) atoms. The predicted octanol–water partition coefficient (Wildman–Crippen LogP) is 1.50. The molecule has 0 bridgehead atoms. The first kappa shape index (κ1) is 13.5. The number of aliphatic carboxylic acids is 1. The van der Waals surface area contributed by atoms with Gasteiger partial charge in [0.05, 0.1) is 6.61 Å². The van der Waals surface area contributed by atoms with Crippen LogP contribution in [0.5, 0.6) is 0 Å². The first-order valence-electron chi connectivity index (χ1n) is 6.00. The fourth-order valence-electron chi connectivity index (χ4n) is 2.63. The monoisotopic (exact) mass is 229 g/mol. The van der Waals surface area contributed by atoms with Gasteiger partial charge in [-0.25, -0.2) is 0 Å². The summed E-state index contributed by atoms with van der Waals surface area (Å²) < 4.78 is 4.96. The van der Waals surface area contributed by atoms with Crippen LogP contribution >= 0.6 is 0 Å². The Morgan fingerprint density at radius 1 is 1.50 bits per heavy atom. The topological polar surface area (TPSA) is 58.6 Å². The molecule has 0 aromatic rings. The van der Waals surface area contributed by atoms with Crippen molar-refractivity contribution in [1.82, 2.24) is 5.32 Å².